The Kier molecular flexibility index (Phi) is 8.10. The van der Waals surface area contributed by atoms with Crippen LogP contribution in [0.4, 0.5) is 0 Å². The monoisotopic (exact) mass is 572 g/mol. The number of rotatable bonds is 6. The van der Waals surface area contributed by atoms with Gasteiger partial charge >= 0.3 is 7.82 Å². The van der Waals surface area contributed by atoms with Crippen LogP contribution in [0.15, 0.2) is 36.4 Å². The van der Waals surface area contributed by atoms with Gasteiger partial charge in [-0.3, -0.25) is 0 Å². The predicted octanol–water partition coefficient (Wildman–Crippen LogP) is 10.2. The molecular weight excluding hydrogens is 560 g/mol. The van der Waals surface area contributed by atoms with Crippen LogP contribution in [0, 0.1) is 20.8 Å². The first kappa shape index (κ1) is 25.6. The average Bonchev–Trinajstić information content (AvgIpc) is 2.75. The summed E-state index contributed by atoms with van der Waals surface area (Å²) in [5, 5.41) is 0.760. The number of hydrogen-bond acceptors (Lipinski definition) is 4. The van der Waals surface area contributed by atoms with Crippen LogP contribution in [-0.2, 0) is 4.57 Å². The van der Waals surface area contributed by atoms with Crippen molar-refractivity contribution in [3.8, 4) is 17.2 Å². The van der Waals surface area contributed by atoms with Crippen LogP contribution in [0.2, 0.25) is 30.1 Å². The molecule has 170 valence electrons. The number of phosphoric ester groups is 1. The molecule has 0 aliphatic heterocycles. The summed E-state index contributed by atoms with van der Waals surface area (Å²) in [4.78, 5) is 0. The van der Waals surface area contributed by atoms with E-state index in [4.69, 9.17) is 83.2 Å². The first-order chi connectivity index (χ1) is 14.9. The lowest BCUT2D eigenvalue weighted by atomic mass is 10.2. The molecule has 0 fully saturated rings. The average molecular weight is 575 g/mol. The lowest BCUT2D eigenvalue weighted by Gasteiger charge is -2.22. The lowest BCUT2D eigenvalue weighted by molar-refractivity contribution is 0.298. The molecule has 0 saturated carbocycles. The first-order valence-corrected chi connectivity index (χ1v) is 12.7. The molecule has 3 aromatic carbocycles. The lowest BCUT2D eigenvalue weighted by Crippen LogP contribution is -2.09. The summed E-state index contributed by atoms with van der Waals surface area (Å²) < 4.78 is 30.6. The van der Waals surface area contributed by atoms with Crippen molar-refractivity contribution in [2.75, 3.05) is 0 Å². The van der Waals surface area contributed by atoms with E-state index in [1.165, 1.54) is 18.2 Å². The number of halogens is 6. The normalized spacial score (nSPS) is 11.4. The molecule has 4 nitrogen and oxygen atoms in total. The van der Waals surface area contributed by atoms with Gasteiger partial charge in [0.1, 0.15) is 15.1 Å². The molecule has 0 unspecified atom stereocenters. The maximum atomic E-state index is 13.8. The van der Waals surface area contributed by atoms with E-state index in [9.17, 15) is 4.57 Å². The minimum Gasteiger partial charge on any atom is -0.384 e. The highest BCUT2D eigenvalue weighted by molar-refractivity contribution is 7.49. The van der Waals surface area contributed by atoms with E-state index >= 15 is 0 Å². The molecule has 32 heavy (non-hydrogen) atoms. The molecule has 0 saturated heterocycles. The Morgan fingerprint density at radius 2 is 0.750 bits per heavy atom. The van der Waals surface area contributed by atoms with Gasteiger partial charge in [-0.1, -0.05) is 87.8 Å². The van der Waals surface area contributed by atoms with Gasteiger partial charge in [-0.25, -0.2) is 0 Å². The molecule has 0 atom stereocenters. The van der Waals surface area contributed by atoms with Crippen molar-refractivity contribution in [3.05, 3.63) is 83.2 Å². The third kappa shape index (κ3) is 5.39. The van der Waals surface area contributed by atoms with Crippen molar-refractivity contribution in [1.82, 2.24) is 0 Å². The number of aryl methyl sites for hydroxylation is 3. The molecule has 0 aliphatic rings. The summed E-state index contributed by atoms with van der Waals surface area (Å²) >= 11 is 37.4. The highest BCUT2D eigenvalue weighted by Gasteiger charge is 2.36. The Morgan fingerprint density at radius 3 is 1.00 bits per heavy atom. The fourth-order valence-electron chi connectivity index (χ4n) is 2.51. The molecule has 0 N–H and O–H groups in total. The van der Waals surface area contributed by atoms with Crippen molar-refractivity contribution in [1.29, 1.82) is 0 Å². The van der Waals surface area contributed by atoms with Crippen molar-refractivity contribution < 1.29 is 18.1 Å². The van der Waals surface area contributed by atoms with Crippen LogP contribution in [0.1, 0.15) is 16.7 Å². The fraction of sp³-hybridized carbons (Fsp3) is 0.143. The molecule has 0 heterocycles. The summed E-state index contributed by atoms with van der Waals surface area (Å²) in [7, 11) is -4.50. The van der Waals surface area contributed by atoms with E-state index in [1.54, 1.807) is 39.0 Å². The van der Waals surface area contributed by atoms with Gasteiger partial charge in [-0.05, 0) is 55.7 Å². The Hall–Kier alpha value is -0.970. The zero-order valence-corrected chi connectivity index (χ0v) is 22.2. The van der Waals surface area contributed by atoms with Crippen LogP contribution in [0.3, 0.4) is 0 Å². The minimum atomic E-state index is -4.50. The number of hydrogen-bond donors (Lipinski definition) is 0. The minimum absolute atomic E-state index is 0.0279. The smallest absolute Gasteiger partial charge is 0.384 e. The zero-order valence-electron chi connectivity index (χ0n) is 16.8. The Bertz CT molecular complexity index is 1100. The Labute approximate surface area is 215 Å². The molecule has 11 heteroatoms. The van der Waals surface area contributed by atoms with E-state index < -0.39 is 7.82 Å². The second kappa shape index (κ2) is 10.1. The van der Waals surface area contributed by atoms with Gasteiger partial charge in [0, 0.05) is 0 Å². The maximum Gasteiger partial charge on any atom is 0.647 e. The van der Waals surface area contributed by atoms with E-state index in [0.29, 0.717) is 16.7 Å². The van der Waals surface area contributed by atoms with Crippen LogP contribution in [0.25, 0.3) is 0 Å². The highest BCUT2D eigenvalue weighted by atomic mass is 35.5. The Morgan fingerprint density at radius 1 is 0.500 bits per heavy atom. The third-order valence-electron chi connectivity index (χ3n) is 4.35. The molecule has 3 aromatic rings. The van der Waals surface area contributed by atoms with Crippen molar-refractivity contribution >= 4 is 77.4 Å². The number of benzene rings is 3. The van der Waals surface area contributed by atoms with Gasteiger partial charge in [-0.15, -0.1) is 0 Å². The second-order valence-corrected chi connectivity index (χ2v) is 10.5. The summed E-state index contributed by atoms with van der Waals surface area (Å²) in [6.45, 7) is 5.27. The maximum absolute atomic E-state index is 13.8. The highest BCUT2D eigenvalue weighted by Crippen LogP contribution is 2.55. The summed E-state index contributed by atoms with van der Waals surface area (Å²) in [5.41, 5.74) is 2.09. The van der Waals surface area contributed by atoms with Gasteiger partial charge in [-0.2, -0.15) is 4.57 Å². The van der Waals surface area contributed by atoms with Crippen LogP contribution < -0.4 is 13.6 Å². The molecule has 0 amide bonds. The van der Waals surface area contributed by atoms with Crippen LogP contribution >= 0.6 is 77.4 Å². The Balaban J connectivity index is 2.09. The SMILES string of the molecule is Cc1ccc(OP(=O)(Oc2ccc(C)c(Cl)c2Cl)Oc2ccc(C)c(Cl)c2Cl)c(Cl)c1Cl. The molecular formula is C21H15Cl6O4P. The van der Waals surface area contributed by atoms with Gasteiger partial charge in [0.25, 0.3) is 0 Å². The summed E-state index contributed by atoms with van der Waals surface area (Å²) in [5.74, 6) is -0.0993. The first-order valence-electron chi connectivity index (χ1n) is 8.96. The topological polar surface area (TPSA) is 44.8 Å². The molecule has 0 spiro atoms. The van der Waals surface area contributed by atoms with Gasteiger partial charge < -0.3 is 13.6 Å². The van der Waals surface area contributed by atoms with E-state index in [1.807, 2.05) is 0 Å². The molecule has 0 aromatic heterocycles. The number of phosphoric acid groups is 1. The fourth-order valence-corrected chi connectivity index (χ4v) is 5.19. The van der Waals surface area contributed by atoms with Gasteiger partial charge in [0.15, 0.2) is 17.2 Å². The molecule has 3 rings (SSSR count). The largest absolute Gasteiger partial charge is 0.647 e. The third-order valence-corrected chi connectivity index (χ3v) is 8.49. The molecule has 0 aliphatic carbocycles. The van der Waals surface area contributed by atoms with E-state index in [-0.39, 0.29) is 47.4 Å². The quantitative estimate of drug-likeness (QED) is 0.275. The summed E-state index contributed by atoms with van der Waals surface area (Å²) in [6, 6.07) is 9.36. The zero-order chi connectivity index (χ0) is 23.8. The van der Waals surface area contributed by atoms with Crippen LogP contribution in [0.5, 0.6) is 17.2 Å². The van der Waals surface area contributed by atoms with Crippen molar-refractivity contribution in [2.24, 2.45) is 0 Å². The van der Waals surface area contributed by atoms with Crippen molar-refractivity contribution in [2.45, 2.75) is 20.8 Å². The van der Waals surface area contributed by atoms with E-state index in [2.05, 4.69) is 0 Å². The second-order valence-electron chi connectivity index (χ2n) is 6.75. The molecule has 0 radical (unpaired) electrons. The van der Waals surface area contributed by atoms with E-state index in [0.717, 1.165) is 0 Å². The van der Waals surface area contributed by atoms with Gasteiger partial charge in [0.05, 0.1) is 15.1 Å². The standard InChI is InChI=1S/C21H15Cl6O4P/c1-10-4-7-13(19(25)16(10)22)29-32(28,30-14-8-5-11(2)17(23)20(14)26)31-15-9-6-12(3)18(24)21(15)27/h4-9H,1-3H3. The van der Waals surface area contributed by atoms with Crippen molar-refractivity contribution in [3.63, 3.8) is 0 Å². The van der Waals surface area contributed by atoms with Gasteiger partial charge in [0.2, 0.25) is 0 Å². The predicted molar refractivity (Wildman–Crippen MR) is 133 cm³/mol. The molecule has 0 bridgehead atoms. The van der Waals surface area contributed by atoms with Crippen LogP contribution in [-0.4, -0.2) is 0 Å². The summed E-state index contributed by atoms with van der Waals surface area (Å²) in [6.07, 6.45) is 0.